The van der Waals surface area contributed by atoms with Crippen molar-refractivity contribution in [1.82, 2.24) is 5.32 Å². The predicted octanol–water partition coefficient (Wildman–Crippen LogP) is -3.11. The second-order valence-electron chi connectivity index (χ2n) is 7.33. The molecule has 164 valence electrons. The van der Waals surface area contributed by atoms with E-state index in [1.54, 1.807) is 6.92 Å². The van der Waals surface area contributed by atoms with Crippen LogP contribution in [0.2, 0.25) is 0 Å². The Hall–Kier alpha value is -0.890. The molecule has 2 heterocycles. The minimum Gasteiger partial charge on any atom is -0.394 e. The normalized spacial score (nSPS) is 44.3. The third-order valence-electron chi connectivity index (χ3n) is 5.44. The van der Waals surface area contributed by atoms with Gasteiger partial charge in [-0.3, -0.25) is 4.79 Å². The van der Waals surface area contributed by atoms with Gasteiger partial charge in [0.15, 0.2) is 12.6 Å². The molecule has 0 aromatic heterocycles. The average molecular weight is 408 g/mol. The molecule has 28 heavy (non-hydrogen) atoms. The summed E-state index contributed by atoms with van der Waals surface area (Å²) in [5.74, 6) is -1.48. The summed E-state index contributed by atoms with van der Waals surface area (Å²) >= 11 is 0. The first kappa shape index (κ1) is 23.4. The summed E-state index contributed by atoms with van der Waals surface area (Å²) in [7, 11) is 1.37. The first-order valence-corrected chi connectivity index (χ1v) is 9.30. The maximum Gasteiger partial charge on any atom is 0.217 e. The highest BCUT2D eigenvalue weighted by Gasteiger charge is 2.47. The molecule has 2 aliphatic heterocycles. The molecule has 2 saturated heterocycles. The molecule has 11 heteroatoms. The quantitative estimate of drug-likeness (QED) is 0.253. The molecule has 10 atom stereocenters. The summed E-state index contributed by atoms with van der Waals surface area (Å²) in [6, 6.07) is -1.72. The summed E-state index contributed by atoms with van der Waals surface area (Å²) in [4.78, 5) is 11.5. The number of methoxy groups -OCH3 is 1. The number of aliphatic hydroxyl groups is 4. The molecule has 0 aliphatic carbocycles. The molecular formula is C17H32N2O9. The first-order valence-electron chi connectivity index (χ1n) is 9.30. The number of hydrogen-bond donors (Lipinski definition) is 6. The molecule has 7 N–H and O–H groups in total. The molecule has 0 bridgehead atoms. The zero-order valence-electron chi connectivity index (χ0n) is 16.3. The van der Waals surface area contributed by atoms with Gasteiger partial charge in [-0.25, -0.2) is 0 Å². The summed E-state index contributed by atoms with van der Waals surface area (Å²) in [6.07, 6.45) is -5.51. The Balaban J connectivity index is 2.08. The standard InChI is InChI=1S/C17H32N2O9/c1-7-10(4-20)27-16(12(18)14(7)23)26-6-9-11(5-21)28-17(25-3)13(15(9)24)19-8(2)22/h7,9-17,20-21,23-24H,4-6,18H2,1-3H3,(H,19,22). The van der Waals surface area contributed by atoms with Crippen LogP contribution in [-0.4, -0.2) is 102 Å². The van der Waals surface area contributed by atoms with Crippen LogP contribution in [0.5, 0.6) is 0 Å². The van der Waals surface area contributed by atoms with Crippen LogP contribution < -0.4 is 11.1 Å². The van der Waals surface area contributed by atoms with Crippen molar-refractivity contribution in [2.24, 2.45) is 17.6 Å². The molecule has 11 nitrogen and oxygen atoms in total. The van der Waals surface area contributed by atoms with Crippen molar-refractivity contribution in [2.75, 3.05) is 26.9 Å². The van der Waals surface area contributed by atoms with Crippen LogP contribution in [0.25, 0.3) is 0 Å². The van der Waals surface area contributed by atoms with Gasteiger partial charge in [-0.2, -0.15) is 0 Å². The lowest BCUT2D eigenvalue weighted by Crippen LogP contribution is -2.64. The van der Waals surface area contributed by atoms with Gasteiger partial charge in [0, 0.05) is 25.9 Å². The fraction of sp³-hybridized carbons (Fsp3) is 0.941. The monoisotopic (exact) mass is 408 g/mol. The molecular weight excluding hydrogens is 376 g/mol. The van der Waals surface area contributed by atoms with E-state index >= 15 is 0 Å². The van der Waals surface area contributed by atoms with Gasteiger partial charge in [-0.15, -0.1) is 0 Å². The summed E-state index contributed by atoms with van der Waals surface area (Å²) in [5.41, 5.74) is 5.98. The molecule has 0 saturated carbocycles. The molecule has 10 unspecified atom stereocenters. The molecule has 0 aromatic rings. The largest absolute Gasteiger partial charge is 0.394 e. The Morgan fingerprint density at radius 3 is 2.25 bits per heavy atom. The van der Waals surface area contributed by atoms with E-state index in [0.29, 0.717) is 0 Å². The van der Waals surface area contributed by atoms with Crippen molar-refractivity contribution >= 4 is 5.91 Å². The Morgan fingerprint density at radius 2 is 1.71 bits per heavy atom. The number of aliphatic hydroxyl groups excluding tert-OH is 4. The SMILES string of the molecule is COC1OC(CO)C(COC2OC(CO)C(C)C(O)C2N)C(O)C1NC(C)=O. The maximum atomic E-state index is 11.5. The number of nitrogens with one attached hydrogen (secondary N) is 1. The minimum atomic E-state index is -1.14. The van der Waals surface area contributed by atoms with Crippen LogP contribution in [0.1, 0.15) is 13.8 Å². The van der Waals surface area contributed by atoms with Gasteiger partial charge in [-0.1, -0.05) is 6.92 Å². The van der Waals surface area contributed by atoms with Crippen molar-refractivity contribution < 1.29 is 44.2 Å². The number of amides is 1. The van der Waals surface area contributed by atoms with Crippen LogP contribution in [0.3, 0.4) is 0 Å². The molecule has 0 radical (unpaired) electrons. The van der Waals surface area contributed by atoms with Gasteiger partial charge in [0.25, 0.3) is 0 Å². The lowest BCUT2D eigenvalue weighted by molar-refractivity contribution is -0.282. The summed E-state index contributed by atoms with van der Waals surface area (Å²) in [5, 5.41) is 42.6. The third-order valence-corrected chi connectivity index (χ3v) is 5.44. The zero-order valence-corrected chi connectivity index (χ0v) is 16.3. The van der Waals surface area contributed by atoms with Crippen molar-refractivity contribution in [3.63, 3.8) is 0 Å². The second kappa shape index (κ2) is 10.2. The lowest BCUT2D eigenvalue weighted by atomic mass is 9.87. The number of rotatable bonds is 7. The Kier molecular flexibility index (Phi) is 8.55. The first-order chi connectivity index (χ1) is 13.2. The molecule has 1 amide bonds. The predicted molar refractivity (Wildman–Crippen MR) is 94.7 cm³/mol. The highest BCUT2D eigenvalue weighted by molar-refractivity contribution is 5.73. The van der Waals surface area contributed by atoms with E-state index in [0.717, 1.165) is 0 Å². The molecule has 2 aliphatic rings. The Bertz CT molecular complexity index is 509. The maximum absolute atomic E-state index is 11.5. The number of carbonyl (C=O) groups excluding carboxylic acids is 1. The summed E-state index contributed by atoms with van der Waals surface area (Å²) < 4.78 is 22.1. The van der Waals surface area contributed by atoms with Crippen molar-refractivity contribution in [3.05, 3.63) is 0 Å². The van der Waals surface area contributed by atoms with E-state index in [9.17, 15) is 25.2 Å². The van der Waals surface area contributed by atoms with Gasteiger partial charge in [0.1, 0.15) is 6.04 Å². The van der Waals surface area contributed by atoms with Crippen molar-refractivity contribution in [1.29, 1.82) is 0 Å². The van der Waals surface area contributed by atoms with E-state index in [-0.39, 0.29) is 25.0 Å². The number of nitrogens with two attached hydrogens (primary N) is 1. The van der Waals surface area contributed by atoms with Gasteiger partial charge in [0.05, 0.1) is 50.3 Å². The van der Waals surface area contributed by atoms with E-state index < -0.39 is 61.6 Å². The minimum absolute atomic E-state index is 0.128. The lowest BCUT2D eigenvalue weighted by Gasteiger charge is -2.45. The third kappa shape index (κ3) is 4.99. The highest BCUT2D eigenvalue weighted by atomic mass is 16.7. The zero-order chi connectivity index (χ0) is 21.0. The van der Waals surface area contributed by atoms with Crippen LogP contribution in [-0.2, 0) is 23.7 Å². The smallest absolute Gasteiger partial charge is 0.217 e. The Morgan fingerprint density at radius 1 is 1.11 bits per heavy atom. The van der Waals surface area contributed by atoms with Crippen molar-refractivity contribution in [3.8, 4) is 0 Å². The van der Waals surface area contributed by atoms with E-state index in [4.69, 9.17) is 24.7 Å². The van der Waals surface area contributed by atoms with Gasteiger partial charge >= 0.3 is 0 Å². The summed E-state index contributed by atoms with van der Waals surface area (Å²) in [6.45, 7) is 2.17. The average Bonchev–Trinajstić information content (AvgIpc) is 2.67. The molecule has 2 rings (SSSR count). The van der Waals surface area contributed by atoms with Crippen molar-refractivity contribution in [2.45, 2.75) is 62.9 Å². The topological polar surface area (TPSA) is 173 Å². The van der Waals surface area contributed by atoms with E-state index in [1.807, 2.05) is 0 Å². The number of carbonyl (C=O) groups is 1. The fourth-order valence-electron chi connectivity index (χ4n) is 3.66. The second-order valence-corrected chi connectivity index (χ2v) is 7.33. The van der Waals surface area contributed by atoms with Crippen LogP contribution >= 0.6 is 0 Å². The van der Waals surface area contributed by atoms with E-state index in [1.165, 1.54) is 14.0 Å². The van der Waals surface area contributed by atoms with Gasteiger partial charge < -0.3 is 50.4 Å². The molecule has 0 spiro atoms. The fourth-order valence-corrected chi connectivity index (χ4v) is 3.66. The molecule has 2 fully saturated rings. The molecule has 0 aromatic carbocycles. The Labute approximate surface area is 163 Å². The van der Waals surface area contributed by atoms with Crippen LogP contribution in [0, 0.1) is 11.8 Å². The van der Waals surface area contributed by atoms with Crippen LogP contribution in [0.15, 0.2) is 0 Å². The van der Waals surface area contributed by atoms with Crippen LogP contribution in [0.4, 0.5) is 0 Å². The van der Waals surface area contributed by atoms with Gasteiger partial charge in [0.2, 0.25) is 5.91 Å². The highest BCUT2D eigenvalue weighted by Crippen LogP contribution is 2.30. The number of hydrogen-bond acceptors (Lipinski definition) is 10. The number of ether oxygens (including phenoxy) is 4. The van der Waals surface area contributed by atoms with Gasteiger partial charge in [-0.05, 0) is 0 Å². The van der Waals surface area contributed by atoms with E-state index in [2.05, 4.69) is 5.32 Å².